The fourth-order valence-corrected chi connectivity index (χ4v) is 2.21. The topological polar surface area (TPSA) is 21.3 Å². The Morgan fingerprint density at radius 3 is 2.50 bits per heavy atom. The predicted molar refractivity (Wildman–Crippen MR) is 81.0 cm³/mol. The maximum absolute atomic E-state index is 5.88. The van der Waals surface area contributed by atoms with Gasteiger partial charge in [-0.05, 0) is 45.4 Å². The van der Waals surface area contributed by atoms with Crippen molar-refractivity contribution < 1.29 is 4.74 Å². The fourth-order valence-electron chi connectivity index (χ4n) is 1.76. The van der Waals surface area contributed by atoms with Gasteiger partial charge in [0.1, 0.15) is 0 Å². The van der Waals surface area contributed by atoms with Crippen LogP contribution in [-0.4, -0.2) is 24.8 Å². The summed E-state index contributed by atoms with van der Waals surface area (Å²) in [5, 5.41) is 3.49. The van der Waals surface area contributed by atoms with Crippen LogP contribution in [0.1, 0.15) is 33.3 Å². The van der Waals surface area contributed by atoms with Crippen LogP contribution in [0.3, 0.4) is 0 Å². The van der Waals surface area contributed by atoms with Crippen molar-refractivity contribution in [2.45, 2.75) is 45.8 Å². The molecule has 0 spiro atoms. The Balaban J connectivity index is 2.60. The predicted octanol–water partition coefficient (Wildman–Crippen LogP) is 3.78. The summed E-state index contributed by atoms with van der Waals surface area (Å²) in [7, 11) is 0. The van der Waals surface area contributed by atoms with E-state index in [4.69, 9.17) is 4.74 Å². The van der Waals surface area contributed by atoms with Crippen LogP contribution in [0.5, 0.6) is 0 Å². The smallest absolute Gasteiger partial charge is 0.0629 e. The van der Waals surface area contributed by atoms with E-state index in [1.54, 1.807) is 0 Å². The van der Waals surface area contributed by atoms with Crippen LogP contribution < -0.4 is 5.32 Å². The first-order chi connectivity index (χ1) is 8.42. The van der Waals surface area contributed by atoms with E-state index in [9.17, 15) is 0 Å². The molecular weight excluding hydrogens is 290 g/mol. The van der Waals surface area contributed by atoms with E-state index in [0.717, 1.165) is 19.6 Å². The number of halogens is 1. The van der Waals surface area contributed by atoms with E-state index >= 15 is 0 Å². The van der Waals surface area contributed by atoms with E-state index in [0.29, 0.717) is 6.04 Å². The third-order valence-electron chi connectivity index (χ3n) is 2.63. The second-order valence-corrected chi connectivity index (χ2v) is 6.33. The van der Waals surface area contributed by atoms with Gasteiger partial charge in [-0.1, -0.05) is 41.1 Å². The fraction of sp³-hybridized carbons (Fsp3) is 0.600. The zero-order chi connectivity index (χ0) is 13.6. The molecule has 0 aliphatic heterocycles. The van der Waals surface area contributed by atoms with Gasteiger partial charge in [-0.25, -0.2) is 0 Å². The van der Waals surface area contributed by atoms with Crippen LogP contribution in [-0.2, 0) is 11.2 Å². The minimum atomic E-state index is -0.0818. The van der Waals surface area contributed by atoms with Gasteiger partial charge in [0.15, 0.2) is 0 Å². The highest BCUT2D eigenvalue weighted by atomic mass is 79.9. The molecule has 0 fully saturated rings. The van der Waals surface area contributed by atoms with Crippen LogP contribution in [0, 0.1) is 0 Å². The highest BCUT2D eigenvalue weighted by Crippen LogP contribution is 2.18. The molecule has 3 heteroatoms. The second kappa shape index (κ2) is 7.27. The van der Waals surface area contributed by atoms with Gasteiger partial charge in [0.25, 0.3) is 0 Å². The van der Waals surface area contributed by atoms with Gasteiger partial charge in [0, 0.05) is 10.5 Å². The third kappa shape index (κ3) is 5.98. The van der Waals surface area contributed by atoms with E-state index < -0.39 is 0 Å². The quantitative estimate of drug-likeness (QED) is 0.863. The lowest BCUT2D eigenvalue weighted by Gasteiger charge is -2.25. The lowest BCUT2D eigenvalue weighted by Crippen LogP contribution is -2.38. The Morgan fingerprint density at radius 1 is 1.28 bits per heavy atom. The molecule has 2 nitrogen and oxygen atoms in total. The van der Waals surface area contributed by atoms with Gasteiger partial charge in [-0.3, -0.25) is 0 Å². The van der Waals surface area contributed by atoms with Gasteiger partial charge >= 0.3 is 0 Å². The molecule has 0 heterocycles. The molecule has 1 aromatic carbocycles. The third-order valence-corrected chi connectivity index (χ3v) is 3.41. The monoisotopic (exact) mass is 313 g/mol. The molecule has 1 rings (SSSR count). The van der Waals surface area contributed by atoms with E-state index in [1.807, 2.05) is 6.07 Å². The number of rotatable bonds is 6. The number of likely N-dealkylation sites (N-methyl/N-ethyl adjacent to an activating group) is 1. The Morgan fingerprint density at radius 2 is 1.94 bits per heavy atom. The van der Waals surface area contributed by atoms with Gasteiger partial charge in [-0.15, -0.1) is 0 Å². The SMILES string of the molecule is CCNC(COC(C)(C)C)Cc1ccccc1Br. The summed E-state index contributed by atoms with van der Waals surface area (Å²) >= 11 is 3.60. The second-order valence-electron chi connectivity index (χ2n) is 5.47. The molecule has 0 aromatic heterocycles. The molecule has 0 aliphatic rings. The maximum atomic E-state index is 5.88. The summed E-state index contributed by atoms with van der Waals surface area (Å²) in [6.07, 6.45) is 0.978. The molecular formula is C15H24BrNO. The van der Waals surface area contributed by atoms with Crippen molar-refractivity contribution in [2.75, 3.05) is 13.2 Å². The Labute approximate surface area is 119 Å². The standard InChI is InChI=1S/C15H24BrNO/c1-5-17-13(11-18-15(2,3)4)10-12-8-6-7-9-14(12)16/h6-9,13,17H,5,10-11H2,1-4H3. The molecule has 0 radical (unpaired) electrons. The highest BCUT2D eigenvalue weighted by molar-refractivity contribution is 9.10. The minimum Gasteiger partial charge on any atom is -0.374 e. The molecule has 1 unspecified atom stereocenters. The first kappa shape index (κ1) is 15.7. The molecule has 102 valence electrons. The summed E-state index contributed by atoms with van der Waals surface area (Å²) in [6.45, 7) is 10.1. The van der Waals surface area contributed by atoms with Crippen molar-refractivity contribution in [3.8, 4) is 0 Å². The Kier molecular flexibility index (Phi) is 6.33. The van der Waals surface area contributed by atoms with Crippen molar-refractivity contribution in [3.63, 3.8) is 0 Å². The molecule has 0 saturated heterocycles. The van der Waals surface area contributed by atoms with Crippen LogP contribution in [0.15, 0.2) is 28.7 Å². The molecule has 0 bridgehead atoms. The van der Waals surface area contributed by atoms with Gasteiger partial charge in [0.05, 0.1) is 12.2 Å². The van der Waals surface area contributed by atoms with Crippen molar-refractivity contribution in [1.29, 1.82) is 0 Å². The van der Waals surface area contributed by atoms with Crippen molar-refractivity contribution >= 4 is 15.9 Å². The highest BCUT2D eigenvalue weighted by Gasteiger charge is 2.16. The number of nitrogens with one attached hydrogen (secondary N) is 1. The number of benzene rings is 1. The minimum absolute atomic E-state index is 0.0818. The number of hydrogen-bond acceptors (Lipinski definition) is 2. The summed E-state index contributed by atoms with van der Waals surface area (Å²) < 4.78 is 7.05. The summed E-state index contributed by atoms with van der Waals surface area (Å²) in [4.78, 5) is 0. The first-order valence-corrected chi connectivity index (χ1v) is 7.32. The zero-order valence-electron chi connectivity index (χ0n) is 11.8. The summed E-state index contributed by atoms with van der Waals surface area (Å²) in [5.41, 5.74) is 1.24. The average Bonchev–Trinajstić information content (AvgIpc) is 2.28. The molecule has 1 atom stereocenters. The van der Waals surface area contributed by atoms with Crippen LogP contribution in [0.4, 0.5) is 0 Å². The maximum Gasteiger partial charge on any atom is 0.0629 e. The Hall–Kier alpha value is -0.380. The summed E-state index contributed by atoms with van der Waals surface area (Å²) in [6, 6.07) is 8.72. The zero-order valence-corrected chi connectivity index (χ0v) is 13.4. The molecule has 1 N–H and O–H groups in total. The Bertz CT molecular complexity index is 360. The van der Waals surface area contributed by atoms with Crippen molar-refractivity contribution in [2.24, 2.45) is 0 Å². The van der Waals surface area contributed by atoms with Crippen LogP contribution in [0.25, 0.3) is 0 Å². The van der Waals surface area contributed by atoms with Gasteiger partial charge in [-0.2, -0.15) is 0 Å². The average molecular weight is 314 g/mol. The van der Waals surface area contributed by atoms with Gasteiger partial charge < -0.3 is 10.1 Å². The lowest BCUT2D eigenvalue weighted by atomic mass is 10.1. The van der Waals surface area contributed by atoms with E-state index in [1.165, 1.54) is 10.0 Å². The lowest BCUT2D eigenvalue weighted by molar-refractivity contribution is -0.0141. The molecule has 0 aliphatic carbocycles. The van der Waals surface area contributed by atoms with Crippen LogP contribution in [0.2, 0.25) is 0 Å². The number of ether oxygens (including phenoxy) is 1. The number of hydrogen-bond donors (Lipinski definition) is 1. The summed E-state index contributed by atoms with van der Waals surface area (Å²) in [5.74, 6) is 0. The van der Waals surface area contributed by atoms with E-state index in [-0.39, 0.29) is 5.60 Å². The van der Waals surface area contributed by atoms with E-state index in [2.05, 4.69) is 67.1 Å². The van der Waals surface area contributed by atoms with Crippen molar-refractivity contribution in [1.82, 2.24) is 5.32 Å². The normalized spacial score (nSPS) is 13.6. The largest absolute Gasteiger partial charge is 0.374 e. The molecule has 1 aromatic rings. The van der Waals surface area contributed by atoms with Gasteiger partial charge in [0.2, 0.25) is 0 Å². The molecule has 18 heavy (non-hydrogen) atoms. The molecule has 0 amide bonds. The van der Waals surface area contributed by atoms with Crippen LogP contribution >= 0.6 is 15.9 Å². The molecule has 0 saturated carbocycles. The van der Waals surface area contributed by atoms with Crippen molar-refractivity contribution in [3.05, 3.63) is 34.3 Å². The first-order valence-electron chi connectivity index (χ1n) is 6.53.